The third-order valence-electron chi connectivity index (χ3n) is 5.69. The lowest BCUT2D eigenvalue weighted by Crippen LogP contribution is -2.50. The maximum Gasteiger partial charge on any atom is 0.156 e. The molecule has 1 aromatic carbocycles. The molecule has 0 saturated heterocycles. The molecular formula is C22H29N5. The van der Waals surface area contributed by atoms with Crippen LogP contribution in [0.3, 0.4) is 0 Å². The predicted octanol–water partition coefficient (Wildman–Crippen LogP) is 5.04. The van der Waals surface area contributed by atoms with E-state index in [2.05, 4.69) is 111 Å². The Morgan fingerprint density at radius 3 is 2.26 bits per heavy atom. The molecule has 0 bridgehead atoms. The Balaban J connectivity index is 1.82. The van der Waals surface area contributed by atoms with E-state index in [9.17, 15) is 0 Å². The second-order valence-electron chi connectivity index (χ2n) is 8.17. The highest BCUT2D eigenvalue weighted by Gasteiger charge is 2.43. The van der Waals surface area contributed by atoms with E-state index in [4.69, 9.17) is 5.10 Å². The molecule has 2 aromatic heterocycles. The van der Waals surface area contributed by atoms with Crippen molar-refractivity contribution >= 4 is 17.2 Å². The Labute approximate surface area is 161 Å². The van der Waals surface area contributed by atoms with Gasteiger partial charge in [-0.15, -0.1) is 0 Å². The fraction of sp³-hybridized carbons (Fsp3) is 0.409. The van der Waals surface area contributed by atoms with Crippen LogP contribution in [0.25, 0.3) is 0 Å². The van der Waals surface area contributed by atoms with Crippen LogP contribution in [0.4, 0.5) is 17.2 Å². The molecule has 0 spiro atoms. The molecule has 1 aliphatic heterocycles. The lowest BCUT2D eigenvalue weighted by Gasteiger charge is -2.42. The quantitative estimate of drug-likeness (QED) is 0.650. The van der Waals surface area contributed by atoms with Gasteiger partial charge in [-0.05, 0) is 58.9 Å². The Bertz CT molecular complexity index is 949. The first kappa shape index (κ1) is 17.7. The van der Waals surface area contributed by atoms with Crippen LogP contribution >= 0.6 is 0 Å². The van der Waals surface area contributed by atoms with Gasteiger partial charge in [-0.25, -0.2) is 0 Å². The number of nitrogens with zero attached hydrogens (tertiary/aromatic N) is 5. The van der Waals surface area contributed by atoms with Crippen molar-refractivity contribution in [2.45, 2.75) is 52.4 Å². The van der Waals surface area contributed by atoms with Crippen molar-refractivity contribution in [2.75, 3.05) is 9.80 Å². The van der Waals surface area contributed by atoms with Crippen molar-refractivity contribution in [1.29, 1.82) is 0 Å². The maximum absolute atomic E-state index is 4.85. The van der Waals surface area contributed by atoms with E-state index >= 15 is 0 Å². The number of fused-ring (bicyclic) bond motifs is 1. The summed E-state index contributed by atoms with van der Waals surface area (Å²) < 4.78 is 4.24. The summed E-state index contributed by atoms with van der Waals surface area (Å²) in [5.41, 5.74) is 3.58. The topological polar surface area (TPSA) is 29.2 Å². The van der Waals surface area contributed by atoms with Gasteiger partial charge in [0.05, 0.1) is 16.9 Å². The second-order valence-corrected chi connectivity index (χ2v) is 8.17. The van der Waals surface area contributed by atoms with E-state index < -0.39 is 0 Å². The number of benzene rings is 1. The predicted molar refractivity (Wildman–Crippen MR) is 112 cm³/mol. The monoisotopic (exact) mass is 363 g/mol. The van der Waals surface area contributed by atoms with E-state index in [0.717, 1.165) is 5.82 Å². The van der Waals surface area contributed by atoms with E-state index in [1.807, 2.05) is 4.68 Å². The minimum Gasteiger partial charge on any atom is -0.352 e. The molecule has 0 amide bonds. The molecule has 142 valence electrons. The van der Waals surface area contributed by atoms with Crippen LogP contribution in [0.2, 0.25) is 0 Å². The number of hydrogen-bond donors (Lipinski definition) is 0. The van der Waals surface area contributed by atoms with Crippen LogP contribution in [0.1, 0.15) is 46.4 Å². The molecule has 5 heteroatoms. The number of aryl methyl sites for hydroxylation is 1. The van der Waals surface area contributed by atoms with Gasteiger partial charge in [-0.2, -0.15) is 5.10 Å². The molecular weight excluding hydrogens is 334 g/mol. The average molecular weight is 364 g/mol. The number of para-hydroxylation sites is 2. The summed E-state index contributed by atoms with van der Waals surface area (Å²) in [4.78, 5) is 4.85. The molecule has 1 atom stereocenters. The van der Waals surface area contributed by atoms with Crippen LogP contribution in [0.15, 0.2) is 54.9 Å². The molecule has 3 aromatic rings. The smallest absolute Gasteiger partial charge is 0.156 e. The van der Waals surface area contributed by atoms with Crippen LogP contribution in [-0.2, 0) is 12.6 Å². The molecule has 0 aliphatic carbocycles. The van der Waals surface area contributed by atoms with Crippen molar-refractivity contribution in [3.63, 3.8) is 0 Å². The molecule has 0 radical (unpaired) electrons. The van der Waals surface area contributed by atoms with Gasteiger partial charge in [0, 0.05) is 37.2 Å². The third kappa shape index (κ3) is 2.64. The molecule has 0 unspecified atom stereocenters. The highest BCUT2D eigenvalue weighted by molar-refractivity contribution is 5.83. The van der Waals surface area contributed by atoms with Crippen LogP contribution < -0.4 is 9.80 Å². The van der Waals surface area contributed by atoms with Crippen LogP contribution in [0.5, 0.6) is 0 Å². The lowest BCUT2D eigenvalue weighted by molar-refractivity contribution is 0.424. The minimum atomic E-state index is -0.164. The van der Waals surface area contributed by atoms with Gasteiger partial charge in [-0.1, -0.05) is 12.1 Å². The Morgan fingerprint density at radius 2 is 1.67 bits per heavy atom. The van der Waals surface area contributed by atoms with Crippen molar-refractivity contribution in [1.82, 2.24) is 14.3 Å². The zero-order valence-electron chi connectivity index (χ0n) is 17.1. The third-order valence-corrected chi connectivity index (χ3v) is 5.69. The van der Waals surface area contributed by atoms with E-state index in [-0.39, 0.29) is 11.7 Å². The summed E-state index contributed by atoms with van der Waals surface area (Å²) >= 11 is 0. The highest BCUT2D eigenvalue weighted by Crippen LogP contribution is 2.48. The highest BCUT2D eigenvalue weighted by atomic mass is 15.5. The van der Waals surface area contributed by atoms with Gasteiger partial charge in [-0.3, -0.25) is 4.68 Å². The number of hydrogen-bond acceptors (Lipinski definition) is 3. The van der Waals surface area contributed by atoms with Gasteiger partial charge in [0.15, 0.2) is 5.82 Å². The molecule has 5 nitrogen and oxygen atoms in total. The average Bonchev–Trinajstić information content (AvgIpc) is 3.31. The fourth-order valence-electron chi connectivity index (χ4n) is 4.44. The molecule has 0 fully saturated rings. The van der Waals surface area contributed by atoms with Crippen LogP contribution in [-0.4, -0.2) is 20.5 Å². The molecule has 0 N–H and O–H groups in total. The molecule has 0 saturated carbocycles. The van der Waals surface area contributed by atoms with E-state index in [0.29, 0.717) is 6.04 Å². The summed E-state index contributed by atoms with van der Waals surface area (Å²) in [7, 11) is 2.12. The Morgan fingerprint density at radius 1 is 0.963 bits per heavy atom. The first-order valence-corrected chi connectivity index (χ1v) is 9.67. The van der Waals surface area contributed by atoms with E-state index in [1.165, 1.54) is 17.1 Å². The largest absolute Gasteiger partial charge is 0.352 e. The maximum atomic E-state index is 4.85. The molecule has 1 aliphatic rings. The summed E-state index contributed by atoms with van der Waals surface area (Å²) in [6.45, 7) is 11.2. The van der Waals surface area contributed by atoms with Crippen molar-refractivity contribution in [3.8, 4) is 0 Å². The van der Waals surface area contributed by atoms with Crippen molar-refractivity contribution < 1.29 is 0 Å². The van der Waals surface area contributed by atoms with Gasteiger partial charge >= 0.3 is 0 Å². The summed E-state index contributed by atoms with van der Waals surface area (Å²) in [5, 5.41) is 4.85. The molecule has 4 rings (SSSR count). The summed E-state index contributed by atoms with van der Waals surface area (Å²) in [5.74, 6) is 0.994. The van der Waals surface area contributed by atoms with Gasteiger partial charge in [0.1, 0.15) is 6.17 Å². The number of aromatic nitrogens is 3. The minimum absolute atomic E-state index is 0.155. The van der Waals surface area contributed by atoms with Gasteiger partial charge in [0.25, 0.3) is 0 Å². The normalized spacial score (nSPS) is 17.1. The zero-order valence-corrected chi connectivity index (χ0v) is 17.1. The lowest BCUT2D eigenvalue weighted by atomic mass is 9.96. The Kier molecular flexibility index (Phi) is 4.06. The molecule has 27 heavy (non-hydrogen) atoms. The van der Waals surface area contributed by atoms with E-state index in [1.54, 1.807) is 0 Å². The van der Waals surface area contributed by atoms with Gasteiger partial charge in [0.2, 0.25) is 0 Å². The number of anilines is 3. The fourth-order valence-corrected chi connectivity index (χ4v) is 4.44. The number of rotatable bonds is 4. The SMILES string of the molecule is CC(C)n1ccc(N2c3ccccc3N(C(C)(C)c3cccn3C)[C@@H]2C)n1. The van der Waals surface area contributed by atoms with Crippen molar-refractivity contribution in [3.05, 3.63) is 60.6 Å². The van der Waals surface area contributed by atoms with Crippen molar-refractivity contribution in [2.24, 2.45) is 7.05 Å². The van der Waals surface area contributed by atoms with Gasteiger partial charge < -0.3 is 14.4 Å². The first-order chi connectivity index (χ1) is 12.8. The summed E-state index contributed by atoms with van der Waals surface area (Å²) in [6.07, 6.45) is 4.34. The van der Waals surface area contributed by atoms with Crippen LogP contribution in [0, 0.1) is 0 Å². The standard InChI is InChI=1S/C22H29N5/c1-16(2)25-15-13-21(23-25)26-17(3)27(19-11-8-7-10-18(19)26)22(4,5)20-12-9-14-24(20)6/h7-17H,1-6H3/t17-/m1/s1. The summed E-state index contributed by atoms with van der Waals surface area (Å²) in [6, 6.07) is 15.4. The molecule has 3 heterocycles. The Hall–Kier alpha value is -2.69. The second kappa shape index (κ2) is 6.19. The zero-order chi connectivity index (χ0) is 19.3. The first-order valence-electron chi connectivity index (χ1n) is 9.67.